The second kappa shape index (κ2) is 9.18. The number of aromatic amines is 1. The number of aryl methyl sites for hydroxylation is 3. The van der Waals surface area contributed by atoms with Crippen LogP contribution in [-0.2, 0) is 0 Å². The van der Waals surface area contributed by atoms with Gasteiger partial charge in [-0.05, 0) is 79.0 Å². The minimum absolute atomic E-state index is 0.00406. The maximum Gasteiger partial charge on any atom is 0.335 e. The first kappa shape index (κ1) is 23.3. The summed E-state index contributed by atoms with van der Waals surface area (Å²) in [4.78, 5) is 35.6. The second-order valence-electron chi connectivity index (χ2n) is 8.03. The topological polar surface area (TPSA) is 149 Å². The Balaban J connectivity index is 1.78. The lowest BCUT2D eigenvalue weighted by Gasteiger charge is -2.08. The largest absolute Gasteiger partial charge is 0.505 e. The lowest BCUT2D eigenvalue weighted by molar-refractivity contribution is 0.0697. The Morgan fingerprint density at radius 2 is 1.74 bits per heavy atom. The van der Waals surface area contributed by atoms with Gasteiger partial charge in [-0.2, -0.15) is 0 Å². The average molecular weight is 471 g/mol. The van der Waals surface area contributed by atoms with Crippen molar-refractivity contribution in [2.75, 3.05) is 0 Å². The summed E-state index contributed by atoms with van der Waals surface area (Å²) in [5.74, 6) is -1.48. The van der Waals surface area contributed by atoms with E-state index in [-0.39, 0.29) is 33.9 Å². The number of hydrogen-bond donors (Lipinski definition) is 3. The van der Waals surface area contributed by atoms with Crippen LogP contribution < -0.4 is 5.56 Å². The zero-order chi connectivity index (χ0) is 25.3. The van der Waals surface area contributed by atoms with E-state index in [4.69, 9.17) is 0 Å². The molecule has 0 aliphatic carbocycles. The molecule has 0 spiro atoms. The zero-order valence-corrected chi connectivity index (χ0v) is 19.1. The summed E-state index contributed by atoms with van der Waals surface area (Å²) in [6.07, 6.45) is 0. The molecule has 0 radical (unpaired) electrons. The number of carbonyl (C=O) groups is 1. The van der Waals surface area contributed by atoms with E-state index in [1.54, 1.807) is 13.0 Å². The summed E-state index contributed by atoms with van der Waals surface area (Å²) in [6.45, 7) is 5.59. The molecule has 176 valence electrons. The number of azo groups is 1. The lowest BCUT2D eigenvalue weighted by Crippen LogP contribution is -2.14. The van der Waals surface area contributed by atoms with Crippen LogP contribution in [0.2, 0.25) is 0 Å². The Hall–Kier alpha value is -4.86. The number of nitrogens with one attached hydrogen (secondary N) is 1. The molecule has 0 fully saturated rings. The fourth-order valence-corrected chi connectivity index (χ4v) is 3.58. The van der Waals surface area contributed by atoms with Crippen molar-refractivity contribution in [3.63, 3.8) is 0 Å². The lowest BCUT2D eigenvalue weighted by atomic mass is 10.0. The van der Waals surface area contributed by atoms with Crippen LogP contribution in [0.1, 0.15) is 27.2 Å². The van der Waals surface area contributed by atoms with Gasteiger partial charge in [-0.3, -0.25) is 9.89 Å². The number of rotatable bonds is 6. The molecule has 3 N–H and O–H groups in total. The van der Waals surface area contributed by atoms with Gasteiger partial charge in [0.05, 0.1) is 16.9 Å². The minimum Gasteiger partial charge on any atom is -0.505 e. The Bertz CT molecular complexity index is 1570. The number of aromatic carboxylic acids is 1. The maximum absolute atomic E-state index is 13.0. The van der Waals surface area contributed by atoms with E-state index in [0.29, 0.717) is 16.9 Å². The van der Waals surface area contributed by atoms with Gasteiger partial charge in [-0.1, -0.05) is 18.2 Å². The number of benzene rings is 3. The van der Waals surface area contributed by atoms with Gasteiger partial charge in [0, 0.05) is 5.56 Å². The van der Waals surface area contributed by atoms with Gasteiger partial charge in [0.1, 0.15) is 11.4 Å². The molecule has 0 saturated heterocycles. The predicted octanol–water partition coefficient (Wildman–Crippen LogP) is 5.97. The van der Waals surface area contributed by atoms with Gasteiger partial charge in [0.2, 0.25) is 0 Å². The zero-order valence-electron chi connectivity index (χ0n) is 19.1. The van der Waals surface area contributed by atoms with Crippen molar-refractivity contribution in [3.05, 3.63) is 92.2 Å². The quantitative estimate of drug-likeness (QED) is 0.234. The molecule has 35 heavy (non-hydrogen) atoms. The first-order chi connectivity index (χ1) is 16.7. The van der Waals surface area contributed by atoms with Crippen LogP contribution in [0, 0.1) is 25.7 Å². The van der Waals surface area contributed by atoms with Crippen molar-refractivity contribution in [2.45, 2.75) is 20.8 Å². The molecular formula is C25H21N5O5. The van der Waals surface area contributed by atoms with Crippen LogP contribution in [0.15, 0.2) is 74.8 Å². The summed E-state index contributed by atoms with van der Waals surface area (Å²) in [6, 6.07) is 14.0. The molecule has 3 aromatic carbocycles. The molecule has 10 nitrogen and oxygen atoms in total. The van der Waals surface area contributed by atoms with Gasteiger partial charge in [-0.25, -0.2) is 9.48 Å². The van der Waals surface area contributed by atoms with Gasteiger partial charge >= 0.3 is 5.97 Å². The Morgan fingerprint density at radius 3 is 2.43 bits per heavy atom. The van der Waals surface area contributed by atoms with E-state index in [9.17, 15) is 24.7 Å². The molecule has 4 rings (SSSR count). The number of nitroso groups, excluding NO2 is 1. The van der Waals surface area contributed by atoms with Gasteiger partial charge in [0.15, 0.2) is 11.4 Å². The third-order valence-electron chi connectivity index (χ3n) is 5.65. The molecule has 0 saturated carbocycles. The Labute approximate surface area is 199 Å². The molecule has 0 amide bonds. The number of nitrogens with zero attached hydrogens (tertiary/aromatic N) is 4. The van der Waals surface area contributed by atoms with Gasteiger partial charge < -0.3 is 10.2 Å². The summed E-state index contributed by atoms with van der Waals surface area (Å²) in [5.41, 5.74) is 3.15. The van der Waals surface area contributed by atoms with E-state index < -0.39 is 11.5 Å². The number of aromatic nitrogens is 2. The van der Waals surface area contributed by atoms with Gasteiger partial charge in [0.25, 0.3) is 5.56 Å². The summed E-state index contributed by atoms with van der Waals surface area (Å²) >= 11 is 0. The van der Waals surface area contributed by atoms with Crippen molar-refractivity contribution in [1.82, 2.24) is 9.78 Å². The number of carboxylic acids is 1. The molecule has 10 heteroatoms. The van der Waals surface area contributed by atoms with Gasteiger partial charge in [-0.15, -0.1) is 15.1 Å². The van der Waals surface area contributed by atoms with Crippen LogP contribution in [0.5, 0.6) is 5.75 Å². The minimum atomic E-state index is -1.14. The third-order valence-corrected chi connectivity index (χ3v) is 5.65. The van der Waals surface area contributed by atoms with Crippen molar-refractivity contribution < 1.29 is 15.0 Å². The molecule has 1 aromatic heterocycles. The summed E-state index contributed by atoms with van der Waals surface area (Å²) < 4.78 is 1.35. The molecule has 0 aliphatic heterocycles. The summed E-state index contributed by atoms with van der Waals surface area (Å²) in [5, 5.41) is 34.0. The van der Waals surface area contributed by atoms with E-state index in [1.807, 2.05) is 32.0 Å². The molecule has 4 aromatic rings. The number of aromatic hydroxyl groups is 1. The highest BCUT2D eigenvalue weighted by atomic mass is 16.4. The first-order valence-corrected chi connectivity index (χ1v) is 10.5. The smallest absolute Gasteiger partial charge is 0.335 e. The molecular weight excluding hydrogens is 450 g/mol. The highest BCUT2D eigenvalue weighted by Crippen LogP contribution is 2.41. The molecule has 0 unspecified atom stereocenters. The van der Waals surface area contributed by atoms with Crippen LogP contribution in [0.4, 0.5) is 17.1 Å². The van der Waals surface area contributed by atoms with Crippen LogP contribution >= 0.6 is 0 Å². The first-order valence-electron chi connectivity index (χ1n) is 10.5. The number of phenols is 1. The molecule has 0 bridgehead atoms. The van der Waals surface area contributed by atoms with E-state index in [1.165, 1.54) is 35.0 Å². The maximum atomic E-state index is 13.0. The van der Waals surface area contributed by atoms with Crippen LogP contribution in [0.3, 0.4) is 0 Å². The molecule has 0 atom stereocenters. The van der Waals surface area contributed by atoms with Crippen molar-refractivity contribution >= 4 is 23.0 Å². The normalized spacial score (nSPS) is 11.2. The number of carboxylic acid groups (broad SMARTS) is 1. The monoisotopic (exact) mass is 471 g/mol. The summed E-state index contributed by atoms with van der Waals surface area (Å²) in [7, 11) is 0. The molecule has 1 heterocycles. The number of phenolic OH excluding ortho intramolecular Hbond substituents is 1. The van der Waals surface area contributed by atoms with Crippen LogP contribution in [0.25, 0.3) is 16.8 Å². The average Bonchev–Trinajstić information content (AvgIpc) is 3.13. The third kappa shape index (κ3) is 4.49. The van der Waals surface area contributed by atoms with E-state index in [2.05, 4.69) is 20.5 Å². The Morgan fingerprint density at radius 1 is 0.971 bits per heavy atom. The number of H-pyrrole nitrogens is 1. The Kier molecular flexibility index (Phi) is 6.11. The van der Waals surface area contributed by atoms with Crippen molar-refractivity contribution in [3.8, 4) is 22.6 Å². The highest BCUT2D eigenvalue weighted by molar-refractivity contribution is 5.90. The molecule has 0 aliphatic rings. The fourth-order valence-electron chi connectivity index (χ4n) is 3.58. The predicted molar refractivity (Wildman–Crippen MR) is 131 cm³/mol. The van der Waals surface area contributed by atoms with E-state index in [0.717, 1.165) is 11.1 Å². The highest BCUT2D eigenvalue weighted by Gasteiger charge is 2.16. The fraction of sp³-hybridized carbons (Fsp3) is 0.120. The second-order valence-corrected chi connectivity index (χ2v) is 8.03. The standard InChI is InChI=1S/C25H21N5O5/c1-13-7-8-19(9-14(13)2)30-24(32)22(15(3)28-30)27-26-21-12-18(29-35)11-20(23(21)31)16-5-4-6-17(10-16)25(33)34/h4-12,28,31H,1-3H3,(H,33,34). The SMILES string of the molecule is Cc1ccc(-n2[nH]c(C)c(N=Nc3cc(N=O)cc(-c4cccc(C(=O)O)c4)c3O)c2=O)cc1C. The van der Waals surface area contributed by atoms with E-state index >= 15 is 0 Å². The van der Waals surface area contributed by atoms with Crippen molar-refractivity contribution in [1.29, 1.82) is 0 Å². The van der Waals surface area contributed by atoms with Crippen LogP contribution in [-0.4, -0.2) is 26.0 Å². The van der Waals surface area contributed by atoms with Crippen molar-refractivity contribution in [2.24, 2.45) is 15.4 Å². The number of hydrogen-bond acceptors (Lipinski definition) is 7.